The third-order valence-corrected chi connectivity index (χ3v) is 2.43. The first-order chi connectivity index (χ1) is 8.09. The Kier molecular flexibility index (Phi) is 3.08. The average Bonchev–Trinajstić information content (AvgIpc) is 2.29. The minimum atomic E-state index is -2.19. The number of aliphatic hydroxyl groups is 2. The van der Waals surface area contributed by atoms with Crippen LogP contribution in [0.4, 0.5) is 0 Å². The molecule has 1 atom stereocenters. The van der Waals surface area contributed by atoms with Crippen molar-refractivity contribution in [1.29, 1.82) is 0 Å². The van der Waals surface area contributed by atoms with E-state index in [1.54, 1.807) is 36.4 Å². The maximum atomic E-state index is 11.8. The number of carbonyl (C=O) groups is 1. The summed E-state index contributed by atoms with van der Waals surface area (Å²) in [7, 11) is 0. The third kappa shape index (κ3) is 2.61. The van der Waals surface area contributed by atoms with Crippen LogP contribution < -0.4 is 4.74 Å². The van der Waals surface area contributed by atoms with Gasteiger partial charge in [0, 0.05) is 0 Å². The fourth-order valence-electron chi connectivity index (χ4n) is 1.54. The van der Waals surface area contributed by atoms with Gasteiger partial charge in [-0.25, -0.2) is 0 Å². The van der Waals surface area contributed by atoms with Crippen LogP contribution in [0.2, 0.25) is 0 Å². The van der Waals surface area contributed by atoms with Gasteiger partial charge >= 0.3 is 5.97 Å². The van der Waals surface area contributed by atoms with E-state index in [-0.39, 0.29) is 0 Å². The molecule has 0 bridgehead atoms. The van der Waals surface area contributed by atoms with Crippen molar-refractivity contribution >= 4 is 5.97 Å². The Balaban J connectivity index is 2.11. The van der Waals surface area contributed by atoms with E-state index in [0.717, 1.165) is 6.08 Å². The van der Waals surface area contributed by atoms with Crippen molar-refractivity contribution in [2.45, 2.75) is 5.79 Å². The Bertz CT molecular complexity index is 460. The highest BCUT2D eigenvalue weighted by Crippen LogP contribution is 2.24. The van der Waals surface area contributed by atoms with Crippen molar-refractivity contribution in [3.8, 4) is 5.75 Å². The van der Waals surface area contributed by atoms with Crippen LogP contribution in [-0.2, 0) is 4.79 Å². The zero-order valence-corrected chi connectivity index (χ0v) is 8.98. The van der Waals surface area contributed by atoms with Gasteiger partial charge in [-0.05, 0) is 18.2 Å². The molecule has 4 heteroatoms. The van der Waals surface area contributed by atoms with E-state index < -0.39 is 17.7 Å². The van der Waals surface area contributed by atoms with Crippen molar-refractivity contribution in [2.24, 2.45) is 5.92 Å². The quantitative estimate of drug-likeness (QED) is 0.454. The summed E-state index contributed by atoms with van der Waals surface area (Å²) in [4.78, 5) is 11.8. The Morgan fingerprint density at radius 2 is 1.88 bits per heavy atom. The highest BCUT2D eigenvalue weighted by molar-refractivity contribution is 5.78. The predicted molar refractivity (Wildman–Crippen MR) is 61.0 cm³/mol. The van der Waals surface area contributed by atoms with E-state index in [4.69, 9.17) is 4.74 Å². The van der Waals surface area contributed by atoms with E-state index in [0.29, 0.717) is 5.75 Å². The summed E-state index contributed by atoms with van der Waals surface area (Å²) >= 11 is 0. The molecule has 17 heavy (non-hydrogen) atoms. The number of rotatable bonds is 2. The molecule has 1 aliphatic rings. The molecule has 1 aliphatic carbocycles. The Morgan fingerprint density at radius 1 is 1.18 bits per heavy atom. The maximum Gasteiger partial charge on any atom is 0.324 e. The van der Waals surface area contributed by atoms with Gasteiger partial charge in [-0.15, -0.1) is 0 Å². The molecule has 0 fully saturated rings. The van der Waals surface area contributed by atoms with Crippen LogP contribution in [0.25, 0.3) is 0 Å². The third-order valence-electron chi connectivity index (χ3n) is 2.43. The lowest BCUT2D eigenvalue weighted by molar-refractivity contribution is -0.174. The minimum absolute atomic E-state index is 0.372. The molecule has 0 spiro atoms. The summed E-state index contributed by atoms with van der Waals surface area (Å²) in [6, 6.07) is 8.49. The molecule has 0 saturated carbocycles. The van der Waals surface area contributed by atoms with Crippen molar-refractivity contribution in [1.82, 2.24) is 0 Å². The summed E-state index contributed by atoms with van der Waals surface area (Å²) in [5, 5.41) is 19.2. The number of hydrogen-bond donors (Lipinski definition) is 2. The first-order valence-electron chi connectivity index (χ1n) is 5.17. The van der Waals surface area contributed by atoms with Gasteiger partial charge in [0.2, 0.25) is 0 Å². The lowest BCUT2D eigenvalue weighted by atomic mass is 9.94. The molecule has 0 heterocycles. The van der Waals surface area contributed by atoms with Crippen molar-refractivity contribution < 1.29 is 19.7 Å². The van der Waals surface area contributed by atoms with E-state index in [2.05, 4.69) is 0 Å². The van der Waals surface area contributed by atoms with Gasteiger partial charge in [-0.2, -0.15) is 0 Å². The molecule has 1 aromatic rings. The number of carbonyl (C=O) groups excluding carboxylic acids is 1. The molecule has 0 saturated heterocycles. The van der Waals surface area contributed by atoms with Crippen LogP contribution in [0.5, 0.6) is 5.75 Å². The lowest BCUT2D eigenvalue weighted by Crippen LogP contribution is -2.42. The van der Waals surface area contributed by atoms with E-state index in [1.165, 1.54) is 12.2 Å². The number of ether oxygens (including phenoxy) is 1. The molecule has 4 nitrogen and oxygen atoms in total. The normalized spacial score (nSPS) is 21.2. The van der Waals surface area contributed by atoms with Crippen LogP contribution in [0.15, 0.2) is 54.6 Å². The predicted octanol–water partition coefficient (Wildman–Crippen LogP) is 1.02. The molecule has 2 rings (SSSR count). The zero-order chi connectivity index (χ0) is 12.3. The molecule has 0 radical (unpaired) electrons. The molecule has 1 aromatic carbocycles. The van der Waals surface area contributed by atoms with E-state index in [9.17, 15) is 15.0 Å². The van der Waals surface area contributed by atoms with Gasteiger partial charge in [0.1, 0.15) is 11.7 Å². The lowest BCUT2D eigenvalue weighted by Gasteiger charge is -2.26. The van der Waals surface area contributed by atoms with Gasteiger partial charge in [-0.1, -0.05) is 36.4 Å². The van der Waals surface area contributed by atoms with Crippen molar-refractivity contribution in [3.63, 3.8) is 0 Å². The van der Waals surface area contributed by atoms with Crippen LogP contribution in [0, 0.1) is 5.92 Å². The van der Waals surface area contributed by atoms with Crippen LogP contribution in [0.3, 0.4) is 0 Å². The second-order valence-electron chi connectivity index (χ2n) is 3.74. The molecular weight excluding hydrogens is 220 g/mol. The topological polar surface area (TPSA) is 66.8 Å². The van der Waals surface area contributed by atoms with Gasteiger partial charge in [0.05, 0.1) is 0 Å². The number of para-hydroxylation sites is 1. The fraction of sp³-hybridized carbons (Fsp3) is 0.154. The summed E-state index contributed by atoms with van der Waals surface area (Å²) in [6.07, 6.45) is 5.57. The zero-order valence-electron chi connectivity index (χ0n) is 8.98. The van der Waals surface area contributed by atoms with E-state index >= 15 is 0 Å². The van der Waals surface area contributed by atoms with Crippen LogP contribution in [0.1, 0.15) is 0 Å². The van der Waals surface area contributed by atoms with E-state index in [1.807, 2.05) is 0 Å². The van der Waals surface area contributed by atoms with Gasteiger partial charge in [0.15, 0.2) is 5.79 Å². The Hall–Kier alpha value is -1.91. The van der Waals surface area contributed by atoms with Gasteiger partial charge in [-0.3, -0.25) is 4.79 Å². The number of allylic oxidation sites excluding steroid dienone is 2. The summed E-state index contributed by atoms with van der Waals surface area (Å²) in [6.45, 7) is 0. The standard InChI is InChI=1S/C13H12O4/c14-12(17-10-6-2-1-3-7-10)11-8-4-5-9-13(11,15)16/h1-9,11,15-16H. The molecular formula is C13H12O4. The first-order valence-corrected chi connectivity index (χ1v) is 5.17. The average molecular weight is 232 g/mol. The number of hydrogen-bond acceptors (Lipinski definition) is 4. The number of esters is 1. The number of benzene rings is 1. The second kappa shape index (κ2) is 4.53. The maximum absolute atomic E-state index is 11.8. The minimum Gasteiger partial charge on any atom is -0.426 e. The SMILES string of the molecule is O=C(Oc1ccccc1)C1C=CC=CC1(O)O. The summed E-state index contributed by atoms with van der Waals surface area (Å²) in [5.41, 5.74) is 0. The van der Waals surface area contributed by atoms with Crippen molar-refractivity contribution in [3.05, 3.63) is 54.6 Å². The summed E-state index contributed by atoms with van der Waals surface area (Å²) < 4.78 is 5.05. The summed E-state index contributed by atoms with van der Waals surface area (Å²) in [5.74, 6) is -3.65. The monoisotopic (exact) mass is 232 g/mol. The molecule has 2 N–H and O–H groups in total. The molecule has 88 valence electrons. The smallest absolute Gasteiger partial charge is 0.324 e. The van der Waals surface area contributed by atoms with Crippen molar-refractivity contribution in [2.75, 3.05) is 0 Å². The molecule has 0 aromatic heterocycles. The Labute approximate surface area is 98.5 Å². The second-order valence-corrected chi connectivity index (χ2v) is 3.74. The van der Waals surface area contributed by atoms with Crippen LogP contribution in [-0.4, -0.2) is 22.0 Å². The molecule has 0 aliphatic heterocycles. The Morgan fingerprint density at radius 3 is 2.53 bits per heavy atom. The van der Waals surface area contributed by atoms with Gasteiger partial charge in [0.25, 0.3) is 0 Å². The largest absolute Gasteiger partial charge is 0.426 e. The molecule has 0 amide bonds. The highest BCUT2D eigenvalue weighted by atomic mass is 16.5. The van der Waals surface area contributed by atoms with Gasteiger partial charge < -0.3 is 14.9 Å². The van der Waals surface area contributed by atoms with Crippen LogP contribution >= 0.6 is 0 Å². The highest BCUT2D eigenvalue weighted by Gasteiger charge is 2.38. The molecule has 1 unspecified atom stereocenters. The fourth-order valence-corrected chi connectivity index (χ4v) is 1.54. The first kappa shape index (κ1) is 11.6.